The van der Waals surface area contributed by atoms with Crippen LogP contribution in [0.5, 0.6) is 0 Å². The van der Waals surface area contributed by atoms with E-state index < -0.39 is 5.97 Å². The van der Waals surface area contributed by atoms with Gasteiger partial charge in [-0.2, -0.15) is 0 Å². The Morgan fingerprint density at radius 2 is 1.85 bits per heavy atom. The minimum absolute atomic E-state index is 0.272. The lowest BCUT2D eigenvalue weighted by Gasteiger charge is -2.16. The summed E-state index contributed by atoms with van der Waals surface area (Å²) in [6.07, 6.45) is 0.992. The van der Waals surface area contributed by atoms with Gasteiger partial charge in [-0.25, -0.2) is 9.78 Å². The van der Waals surface area contributed by atoms with E-state index >= 15 is 0 Å². The molecule has 0 aliphatic carbocycles. The Labute approximate surface area is 123 Å². The second-order valence-corrected chi connectivity index (χ2v) is 6.80. The van der Waals surface area contributed by atoms with Gasteiger partial charge in [0.15, 0.2) is 0 Å². The quantitative estimate of drug-likeness (QED) is 0.913. The summed E-state index contributed by atoms with van der Waals surface area (Å²) >= 11 is 1.25. The van der Waals surface area contributed by atoms with E-state index in [1.807, 2.05) is 32.9 Å². The van der Waals surface area contributed by atoms with E-state index in [0.29, 0.717) is 10.6 Å². The first kappa shape index (κ1) is 14.7. The van der Waals surface area contributed by atoms with Crippen LogP contribution in [0.25, 0.3) is 10.6 Å². The van der Waals surface area contributed by atoms with E-state index in [1.54, 1.807) is 0 Å². The molecular weight excluding hydrogens is 270 g/mol. The summed E-state index contributed by atoms with van der Waals surface area (Å²) in [5.74, 6) is -0.899. The number of benzene rings is 1. The molecule has 106 valence electrons. The highest BCUT2D eigenvalue weighted by Gasteiger charge is 2.27. The summed E-state index contributed by atoms with van der Waals surface area (Å²) in [6, 6.07) is 8.15. The summed E-state index contributed by atoms with van der Waals surface area (Å²) in [4.78, 5) is 16.3. The van der Waals surface area contributed by atoms with Gasteiger partial charge in [-0.1, -0.05) is 52.0 Å². The minimum Gasteiger partial charge on any atom is -0.477 e. The van der Waals surface area contributed by atoms with Crippen molar-refractivity contribution in [1.29, 1.82) is 0 Å². The Bertz CT molecular complexity index is 621. The van der Waals surface area contributed by atoms with Crippen molar-refractivity contribution in [3.05, 3.63) is 40.4 Å². The Balaban J connectivity index is 2.50. The van der Waals surface area contributed by atoms with Crippen LogP contribution in [0, 0.1) is 0 Å². The number of thiazole rings is 1. The molecule has 0 spiro atoms. The largest absolute Gasteiger partial charge is 0.477 e. The maximum atomic E-state index is 11.4. The molecule has 0 bridgehead atoms. The van der Waals surface area contributed by atoms with Crippen molar-refractivity contribution < 1.29 is 9.90 Å². The first-order chi connectivity index (χ1) is 9.32. The van der Waals surface area contributed by atoms with Crippen LogP contribution in [0.3, 0.4) is 0 Å². The number of nitrogens with zero attached hydrogens (tertiary/aromatic N) is 1. The average Bonchev–Trinajstić information content (AvgIpc) is 2.84. The van der Waals surface area contributed by atoms with E-state index in [-0.39, 0.29) is 5.41 Å². The molecule has 1 aromatic heterocycles. The highest BCUT2D eigenvalue weighted by atomic mass is 32.1. The smallest absolute Gasteiger partial charge is 0.347 e. The van der Waals surface area contributed by atoms with Crippen LogP contribution in [0.2, 0.25) is 0 Å². The summed E-state index contributed by atoms with van der Waals surface area (Å²) in [5, 5.41) is 10.1. The molecule has 0 atom stereocenters. The molecule has 0 saturated heterocycles. The van der Waals surface area contributed by atoms with Crippen LogP contribution < -0.4 is 0 Å². The number of rotatable bonds is 3. The summed E-state index contributed by atoms with van der Waals surface area (Å²) in [5.41, 5.74) is 2.63. The third-order valence-corrected chi connectivity index (χ3v) is 4.23. The predicted molar refractivity (Wildman–Crippen MR) is 82.6 cm³/mol. The lowest BCUT2D eigenvalue weighted by atomic mass is 9.91. The van der Waals surface area contributed by atoms with Crippen LogP contribution in [0.15, 0.2) is 24.3 Å². The van der Waals surface area contributed by atoms with Crippen molar-refractivity contribution >= 4 is 17.3 Å². The summed E-state index contributed by atoms with van der Waals surface area (Å²) < 4.78 is 0. The second kappa shape index (κ2) is 5.37. The fraction of sp³-hybridized carbons (Fsp3) is 0.375. The molecule has 0 fully saturated rings. The number of hydrogen-bond acceptors (Lipinski definition) is 3. The van der Waals surface area contributed by atoms with Crippen LogP contribution >= 0.6 is 11.3 Å². The number of carboxylic acids is 1. The van der Waals surface area contributed by atoms with Crippen molar-refractivity contribution in [2.75, 3.05) is 0 Å². The van der Waals surface area contributed by atoms with Gasteiger partial charge in [-0.15, -0.1) is 11.3 Å². The molecule has 1 N–H and O–H groups in total. The highest BCUT2D eigenvalue weighted by molar-refractivity contribution is 7.17. The van der Waals surface area contributed by atoms with E-state index in [0.717, 1.165) is 17.0 Å². The van der Waals surface area contributed by atoms with E-state index in [2.05, 4.69) is 24.0 Å². The van der Waals surface area contributed by atoms with Gasteiger partial charge in [0.05, 0.1) is 5.69 Å². The van der Waals surface area contributed by atoms with Crippen molar-refractivity contribution in [2.45, 2.75) is 39.5 Å². The van der Waals surface area contributed by atoms with Crippen LogP contribution in [-0.4, -0.2) is 16.1 Å². The molecule has 0 radical (unpaired) electrons. The molecule has 20 heavy (non-hydrogen) atoms. The molecule has 0 unspecified atom stereocenters. The number of aromatic nitrogens is 1. The number of aromatic carboxylic acids is 1. The van der Waals surface area contributed by atoms with Gasteiger partial charge < -0.3 is 5.11 Å². The van der Waals surface area contributed by atoms with Crippen LogP contribution in [0.4, 0.5) is 0 Å². The number of aryl methyl sites for hydroxylation is 1. The Kier molecular flexibility index (Phi) is 3.95. The molecule has 1 heterocycles. The minimum atomic E-state index is -0.899. The van der Waals surface area contributed by atoms with Gasteiger partial charge in [0, 0.05) is 11.0 Å². The SMILES string of the molecule is CCc1ccc(-c2nc(C(C)(C)C)c(C(=O)O)s2)cc1. The number of carbonyl (C=O) groups is 1. The van der Waals surface area contributed by atoms with Gasteiger partial charge >= 0.3 is 5.97 Å². The normalized spacial score (nSPS) is 11.6. The predicted octanol–water partition coefficient (Wildman–Crippen LogP) is 4.37. The molecule has 2 rings (SSSR count). The lowest BCUT2D eigenvalue weighted by molar-refractivity contribution is 0.0699. The fourth-order valence-electron chi connectivity index (χ4n) is 1.98. The Hall–Kier alpha value is -1.68. The number of carboxylic acid groups (broad SMARTS) is 1. The lowest BCUT2D eigenvalue weighted by Crippen LogP contribution is -2.16. The monoisotopic (exact) mass is 289 g/mol. The maximum absolute atomic E-state index is 11.4. The van der Waals surface area contributed by atoms with Gasteiger partial charge in [0.25, 0.3) is 0 Å². The molecular formula is C16H19NO2S. The third kappa shape index (κ3) is 2.90. The van der Waals surface area contributed by atoms with Gasteiger partial charge in [-0.05, 0) is 12.0 Å². The molecule has 0 amide bonds. The molecule has 0 saturated carbocycles. The maximum Gasteiger partial charge on any atom is 0.347 e. The molecule has 1 aromatic carbocycles. The van der Waals surface area contributed by atoms with Gasteiger partial charge in [0.1, 0.15) is 9.88 Å². The van der Waals surface area contributed by atoms with Crippen molar-refractivity contribution in [2.24, 2.45) is 0 Å². The van der Waals surface area contributed by atoms with E-state index in [1.165, 1.54) is 16.9 Å². The first-order valence-corrected chi connectivity index (χ1v) is 7.48. The number of hydrogen-bond donors (Lipinski definition) is 1. The van der Waals surface area contributed by atoms with E-state index in [4.69, 9.17) is 0 Å². The molecule has 4 heteroatoms. The molecule has 0 aliphatic heterocycles. The molecule has 3 nitrogen and oxygen atoms in total. The van der Waals surface area contributed by atoms with Gasteiger partial charge in [0.2, 0.25) is 0 Å². The second-order valence-electron chi connectivity index (χ2n) is 5.80. The first-order valence-electron chi connectivity index (χ1n) is 6.67. The molecule has 0 aliphatic rings. The zero-order valence-corrected chi connectivity index (χ0v) is 13.0. The Morgan fingerprint density at radius 1 is 1.25 bits per heavy atom. The van der Waals surface area contributed by atoms with Gasteiger partial charge in [-0.3, -0.25) is 0 Å². The topological polar surface area (TPSA) is 50.2 Å². The van der Waals surface area contributed by atoms with Crippen molar-refractivity contribution in [3.63, 3.8) is 0 Å². The van der Waals surface area contributed by atoms with Crippen LogP contribution in [-0.2, 0) is 11.8 Å². The fourth-order valence-corrected chi connectivity index (χ4v) is 3.10. The highest BCUT2D eigenvalue weighted by Crippen LogP contribution is 2.34. The standard InChI is InChI=1S/C16H19NO2S/c1-5-10-6-8-11(9-7-10)14-17-13(16(2,3)4)12(20-14)15(18)19/h6-9H,5H2,1-4H3,(H,18,19). The average molecular weight is 289 g/mol. The third-order valence-electron chi connectivity index (χ3n) is 3.14. The van der Waals surface area contributed by atoms with Crippen molar-refractivity contribution in [3.8, 4) is 10.6 Å². The van der Waals surface area contributed by atoms with Crippen LogP contribution in [0.1, 0.15) is 48.6 Å². The molecule has 2 aromatic rings. The summed E-state index contributed by atoms with van der Waals surface area (Å²) in [6.45, 7) is 8.06. The van der Waals surface area contributed by atoms with E-state index in [9.17, 15) is 9.90 Å². The summed E-state index contributed by atoms with van der Waals surface area (Å²) in [7, 11) is 0. The zero-order chi connectivity index (χ0) is 14.9. The Morgan fingerprint density at radius 3 is 2.25 bits per heavy atom. The van der Waals surface area contributed by atoms with Crippen molar-refractivity contribution in [1.82, 2.24) is 4.98 Å². The zero-order valence-electron chi connectivity index (χ0n) is 12.2.